The maximum absolute atomic E-state index is 9.75. The molecular formula is C19H37BrO. The van der Waals surface area contributed by atoms with Crippen LogP contribution in [0, 0.1) is 0 Å². The van der Waals surface area contributed by atoms with Crippen molar-refractivity contribution in [1.29, 1.82) is 0 Å². The monoisotopic (exact) mass is 360 g/mol. The van der Waals surface area contributed by atoms with Crippen LogP contribution in [-0.4, -0.2) is 16.5 Å². The van der Waals surface area contributed by atoms with Crippen LogP contribution in [-0.2, 0) is 0 Å². The number of hydrogen-bond acceptors (Lipinski definition) is 1. The van der Waals surface area contributed by atoms with Crippen molar-refractivity contribution in [3.8, 4) is 0 Å². The van der Waals surface area contributed by atoms with E-state index in [-0.39, 0.29) is 6.10 Å². The Morgan fingerprint density at radius 1 is 0.810 bits per heavy atom. The number of allylic oxidation sites excluding steroid dienone is 1. The predicted molar refractivity (Wildman–Crippen MR) is 99.3 cm³/mol. The first-order valence-electron chi connectivity index (χ1n) is 9.22. The second kappa shape index (κ2) is 18.2. The molecule has 1 N–H and O–H groups in total. The molecule has 1 nitrogen and oxygen atoms in total. The van der Waals surface area contributed by atoms with E-state index in [1.807, 2.05) is 6.08 Å². The summed E-state index contributed by atoms with van der Waals surface area (Å²) in [6.45, 7) is 2.20. The van der Waals surface area contributed by atoms with Crippen molar-refractivity contribution in [3.05, 3.63) is 12.2 Å². The fraction of sp³-hybridized carbons (Fsp3) is 0.895. The Morgan fingerprint density at radius 3 is 1.95 bits per heavy atom. The molecule has 0 aliphatic carbocycles. The van der Waals surface area contributed by atoms with E-state index in [1.165, 1.54) is 70.6 Å². The summed E-state index contributed by atoms with van der Waals surface area (Å²) in [6, 6.07) is 0. The molecule has 0 bridgehead atoms. The van der Waals surface area contributed by atoms with E-state index in [0.717, 1.165) is 24.6 Å². The van der Waals surface area contributed by atoms with Crippen molar-refractivity contribution in [2.45, 2.75) is 103 Å². The molecule has 1 atom stereocenters. The van der Waals surface area contributed by atoms with Gasteiger partial charge in [0.25, 0.3) is 0 Å². The van der Waals surface area contributed by atoms with Crippen molar-refractivity contribution in [2.75, 3.05) is 5.33 Å². The molecule has 0 fully saturated rings. The molecular weight excluding hydrogens is 324 g/mol. The van der Waals surface area contributed by atoms with Gasteiger partial charge in [0.15, 0.2) is 0 Å². The Hall–Kier alpha value is 0.180. The highest BCUT2D eigenvalue weighted by atomic mass is 79.9. The van der Waals surface area contributed by atoms with Gasteiger partial charge in [0.1, 0.15) is 0 Å². The normalized spacial score (nSPS) is 13.1. The molecule has 1 unspecified atom stereocenters. The van der Waals surface area contributed by atoms with E-state index in [0.29, 0.717) is 0 Å². The molecule has 126 valence electrons. The van der Waals surface area contributed by atoms with Crippen molar-refractivity contribution < 1.29 is 5.11 Å². The van der Waals surface area contributed by atoms with Crippen LogP contribution in [0.5, 0.6) is 0 Å². The fourth-order valence-electron chi connectivity index (χ4n) is 2.55. The molecule has 21 heavy (non-hydrogen) atoms. The molecule has 0 amide bonds. The third-order valence-corrected chi connectivity index (χ3v) is 4.53. The minimum absolute atomic E-state index is 0.212. The molecule has 0 rings (SSSR count). The predicted octanol–water partition coefficient (Wildman–Crippen LogP) is 6.78. The van der Waals surface area contributed by atoms with Gasteiger partial charge in [0, 0.05) is 5.33 Å². The van der Waals surface area contributed by atoms with Gasteiger partial charge < -0.3 is 5.11 Å². The van der Waals surface area contributed by atoms with Crippen LogP contribution in [0.2, 0.25) is 0 Å². The van der Waals surface area contributed by atoms with Crippen molar-refractivity contribution >= 4 is 15.9 Å². The van der Waals surface area contributed by atoms with Gasteiger partial charge in [-0.15, -0.1) is 0 Å². The van der Waals surface area contributed by atoms with E-state index in [2.05, 4.69) is 28.9 Å². The Kier molecular flexibility index (Phi) is 18.4. The first-order valence-corrected chi connectivity index (χ1v) is 10.3. The zero-order valence-electron chi connectivity index (χ0n) is 14.2. The fourth-order valence-corrected chi connectivity index (χ4v) is 2.94. The lowest BCUT2D eigenvalue weighted by atomic mass is 10.1. The van der Waals surface area contributed by atoms with E-state index >= 15 is 0 Å². The SMILES string of the molecule is CCCCCC(O)C=CCCCCCCCCCCCBr. The second-order valence-corrected chi connectivity index (χ2v) is 6.94. The van der Waals surface area contributed by atoms with Crippen LogP contribution >= 0.6 is 15.9 Å². The number of hydrogen-bond donors (Lipinski definition) is 1. The summed E-state index contributed by atoms with van der Waals surface area (Å²) in [5, 5.41) is 10.9. The molecule has 0 saturated heterocycles. The number of unbranched alkanes of at least 4 members (excludes halogenated alkanes) is 11. The highest BCUT2D eigenvalue weighted by molar-refractivity contribution is 9.09. The largest absolute Gasteiger partial charge is 0.389 e. The molecule has 0 heterocycles. The van der Waals surface area contributed by atoms with E-state index in [9.17, 15) is 5.11 Å². The Balaban J connectivity index is 3.17. The van der Waals surface area contributed by atoms with Crippen LogP contribution in [0.25, 0.3) is 0 Å². The third-order valence-electron chi connectivity index (χ3n) is 3.97. The van der Waals surface area contributed by atoms with Crippen LogP contribution in [0.1, 0.15) is 96.8 Å². The highest BCUT2D eigenvalue weighted by Crippen LogP contribution is 2.11. The van der Waals surface area contributed by atoms with E-state index in [4.69, 9.17) is 0 Å². The smallest absolute Gasteiger partial charge is 0.0720 e. The summed E-state index contributed by atoms with van der Waals surface area (Å²) in [6.07, 6.45) is 22.0. The van der Waals surface area contributed by atoms with Crippen LogP contribution < -0.4 is 0 Å². The summed E-state index contributed by atoms with van der Waals surface area (Å²) in [5.74, 6) is 0. The van der Waals surface area contributed by atoms with Gasteiger partial charge in [-0.3, -0.25) is 0 Å². The molecule has 2 heteroatoms. The summed E-state index contributed by atoms with van der Waals surface area (Å²) >= 11 is 3.48. The van der Waals surface area contributed by atoms with E-state index < -0.39 is 0 Å². The third kappa shape index (κ3) is 18.1. The lowest BCUT2D eigenvalue weighted by Gasteiger charge is -2.04. The Morgan fingerprint density at radius 2 is 1.38 bits per heavy atom. The standard InChI is InChI=1S/C19H37BrO/c1-2-3-13-16-19(21)17-14-11-9-7-5-4-6-8-10-12-15-18-20/h14,17,19,21H,2-13,15-16,18H2,1H3. The number of alkyl halides is 1. The van der Waals surface area contributed by atoms with Crippen LogP contribution in [0.4, 0.5) is 0 Å². The molecule has 0 saturated carbocycles. The number of rotatable bonds is 16. The first-order chi connectivity index (χ1) is 10.3. The maximum atomic E-state index is 9.75. The average Bonchev–Trinajstić information content (AvgIpc) is 2.48. The summed E-state index contributed by atoms with van der Waals surface area (Å²) in [4.78, 5) is 0. The minimum atomic E-state index is -0.212. The molecule has 0 aromatic rings. The van der Waals surface area contributed by atoms with E-state index in [1.54, 1.807) is 0 Å². The molecule has 0 aliphatic rings. The zero-order chi connectivity index (χ0) is 15.6. The van der Waals surface area contributed by atoms with Gasteiger partial charge in [0.2, 0.25) is 0 Å². The van der Waals surface area contributed by atoms with Gasteiger partial charge in [-0.25, -0.2) is 0 Å². The highest BCUT2D eigenvalue weighted by Gasteiger charge is 1.97. The molecule has 0 aromatic carbocycles. The second-order valence-electron chi connectivity index (χ2n) is 6.15. The Labute approximate surface area is 141 Å². The molecule has 0 aliphatic heterocycles. The lowest BCUT2D eigenvalue weighted by Crippen LogP contribution is -2.01. The van der Waals surface area contributed by atoms with Gasteiger partial charge >= 0.3 is 0 Å². The summed E-state index contributed by atoms with van der Waals surface area (Å²) in [7, 11) is 0. The first kappa shape index (κ1) is 21.2. The summed E-state index contributed by atoms with van der Waals surface area (Å²) < 4.78 is 0. The van der Waals surface area contributed by atoms with Crippen molar-refractivity contribution in [3.63, 3.8) is 0 Å². The molecule has 0 aromatic heterocycles. The zero-order valence-corrected chi connectivity index (χ0v) is 15.7. The van der Waals surface area contributed by atoms with Gasteiger partial charge in [-0.2, -0.15) is 0 Å². The van der Waals surface area contributed by atoms with Crippen molar-refractivity contribution in [2.24, 2.45) is 0 Å². The topological polar surface area (TPSA) is 20.2 Å². The Bertz CT molecular complexity index is 216. The molecule has 0 spiro atoms. The quantitative estimate of drug-likeness (QED) is 0.182. The van der Waals surface area contributed by atoms with Gasteiger partial charge in [0.05, 0.1) is 6.10 Å². The summed E-state index contributed by atoms with van der Waals surface area (Å²) in [5.41, 5.74) is 0. The molecule has 0 radical (unpaired) electrons. The minimum Gasteiger partial charge on any atom is -0.389 e. The number of aliphatic hydroxyl groups is 1. The van der Waals surface area contributed by atoms with Crippen LogP contribution in [0.15, 0.2) is 12.2 Å². The number of halogens is 1. The van der Waals surface area contributed by atoms with Gasteiger partial charge in [-0.1, -0.05) is 99.2 Å². The lowest BCUT2D eigenvalue weighted by molar-refractivity contribution is 0.208. The number of aliphatic hydroxyl groups excluding tert-OH is 1. The average molecular weight is 361 g/mol. The van der Waals surface area contributed by atoms with Gasteiger partial charge in [-0.05, 0) is 25.7 Å². The maximum Gasteiger partial charge on any atom is 0.0720 e. The van der Waals surface area contributed by atoms with Crippen LogP contribution in [0.3, 0.4) is 0 Å². The van der Waals surface area contributed by atoms with Crippen molar-refractivity contribution in [1.82, 2.24) is 0 Å².